The van der Waals surface area contributed by atoms with E-state index in [0.717, 1.165) is 0 Å². The number of ketones is 1. The lowest BCUT2D eigenvalue weighted by Gasteiger charge is -2.03. The van der Waals surface area contributed by atoms with Gasteiger partial charge >= 0.3 is 0 Å². The predicted octanol–water partition coefficient (Wildman–Crippen LogP) is 4.87. The second-order valence-electron chi connectivity index (χ2n) is 5.40. The van der Waals surface area contributed by atoms with Crippen LogP contribution < -0.4 is 4.74 Å². The van der Waals surface area contributed by atoms with Crippen molar-refractivity contribution in [1.29, 1.82) is 0 Å². The fourth-order valence-corrected chi connectivity index (χ4v) is 2.82. The Kier molecular flexibility index (Phi) is 5.68. The molecule has 0 fully saturated rings. The molecule has 0 atom stereocenters. The molecule has 2 aromatic heterocycles. The van der Waals surface area contributed by atoms with Gasteiger partial charge < -0.3 is 9.15 Å². The summed E-state index contributed by atoms with van der Waals surface area (Å²) in [4.78, 5) is 12.4. The minimum absolute atomic E-state index is 0.170. The second-order valence-corrected chi connectivity index (χ2v) is 6.26. The van der Waals surface area contributed by atoms with Crippen LogP contribution >= 0.6 is 15.9 Å². The van der Waals surface area contributed by atoms with Gasteiger partial charge in [0.25, 0.3) is 0 Å². The van der Waals surface area contributed by atoms with Crippen LogP contribution in [-0.4, -0.2) is 15.6 Å². The van der Waals surface area contributed by atoms with Gasteiger partial charge in [0, 0.05) is 6.54 Å². The van der Waals surface area contributed by atoms with Crippen LogP contribution in [0, 0.1) is 5.82 Å². The van der Waals surface area contributed by atoms with Crippen molar-refractivity contribution in [1.82, 2.24) is 9.78 Å². The summed E-state index contributed by atoms with van der Waals surface area (Å²) in [6, 6.07) is 9.27. The third-order valence-electron chi connectivity index (χ3n) is 3.60. The van der Waals surface area contributed by atoms with Gasteiger partial charge in [0.05, 0.1) is 10.7 Å². The number of furan rings is 1. The van der Waals surface area contributed by atoms with Gasteiger partial charge in [-0.25, -0.2) is 4.39 Å². The van der Waals surface area contributed by atoms with Gasteiger partial charge in [0.2, 0.25) is 5.78 Å². The molecule has 0 spiro atoms. The number of rotatable bonds is 7. The molecule has 0 aliphatic carbocycles. The zero-order valence-electron chi connectivity index (χ0n) is 14.0. The summed E-state index contributed by atoms with van der Waals surface area (Å²) in [5, 5.41) is 4.12. The van der Waals surface area contributed by atoms with E-state index in [1.807, 2.05) is 6.92 Å². The smallest absolute Gasteiger partial charge is 0.205 e. The summed E-state index contributed by atoms with van der Waals surface area (Å²) in [6.45, 7) is 2.73. The molecule has 0 bridgehead atoms. The number of benzene rings is 1. The lowest BCUT2D eigenvalue weighted by molar-refractivity contribution is 0.103. The van der Waals surface area contributed by atoms with Crippen molar-refractivity contribution in [3.63, 3.8) is 0 Å². The van der Waals surface area contributed by atoms with E-state index in [9.17, 15) is 9.18 Å². The Morgan fingerprint density at radius 2 is 2.08 bits per heavy atom. The molecule has 7 heteroatoms. The molecule has 26 heavy (non-hydrogen) atoms. The molecular weight excluding hydrogens is 403 g/mol. The molecular formula is C19H16BrFN2O3. The third kappa shape index (κ3) is 4.29. The van der Waals surface area contributed by atoms with Crippen molar-refractivity contribution in [3.8, 4) is 5.75 Å². The van der Waals surface area contributed by atoms with Crippen molar-refractivity contribution in [2.75, 3.05) is 0 Å². The molecule has 3 aromatic rings. The normalized spacial score (nSPS) is 11.2. The highest BCUT2D eigenvalue weighted by molar-refractivity contribution is 9.10. The highest BCUT2D eigenvalue weighted by atomic mass is 79.9. The standard InChI is InChI=1S/C19H16BrFN2O3/c1-2-23-19(17(20)11-22-23)18(24)10-9-15-7-8-16(26-15)12-25-14-5-3-13(21)4-6-14/h3-11H,2,12H2,1H3/b10-9+. The Bertz CT molecular complexity index is 929. The highest BCUT2D eigenvalue weighted by Crippen LogP contribution is 2.19. The minimum Gasteiger partial charge on any atom is -0.486 e. The number of aromatic nitrogens is 2. The van der Waals surface area contributed by atoms with E-state index in [-0.39, 0.29) is 18.2 Å². The summed E-state index contributed by atoms with van der Waals surface area (Å²) in [7, 11) is 0. The number of allylic oxidation sites excluding steroid dienone is 1. The van der Waals surface area contributed by atoms with Crippen molar-refractivity contribution in [2.24, 2.45) is 0 Å². The van der Waals surface area contributed by atoms with Crippen LogP contribution in [0.1, 0.15) is 28.9 Å². The zero-order chi connectivity index (χ0) is 18.5. The highest BCUT2D eigenvalue weighted by Gasteiger charge is 2.14. The molecule has 134 valence electrons. The minimum atomic E-state index is -0.316. The molecule has 0 saturated heterocycles. The topological polar surface area (TPSA) is 57.3 Å². The van der Waals surface area contributed by atoms with Crippen LogP contribution in [0.2, 0.25) is 0 Å². The molecule has 0 aliphatic heterocycles. The molecule has 0 N–H and O–H groups in total. The van der Waals surface area contributed by atoms with E-state index in [1.54, 1.807) is 41.2 Å². The molecule has 0 amide bonds. The van der Waals surface area contributed by atoms with Crippen molar-refractivity contribution >= 4 is 27.8 Å². The summed E-state index contributed by atoms with van der Waals surface area (Å²) in [5.74, 6) is 1.20. The number of hydrogen-bond donors (Lipinski definition) is 0. The molecule has 5 nitrogen and oxygen atoms in total. The number of hydrogen-bond acceptors (Lipinski definition) is 4. The maximum Gasteiger partial charge on any atom is 0.205 e. The van der Waals surface area contributed by atoms with Gasteiger partial charge in [-0.15, -0.1) is 0 Å². The molecule has 0 unspecified atom stereocenters. The van der Waals surface area contributed by atoms with Gasteiger partial charge in [0.1, 0.15) is 35.4 Å². The summed E-state index contributed by atoms with van der Waals surface area (Å²) in [5.41, 5.74) is 0.496. The van der Waals surface area contributed by atoms with E-state index < -0.39 is 0 Å². The van der Waals surface area contributed by atoms with Gasteiger partial charge in [-0.3, -0.25) is 9.48 Å². The fraction of sp³-hybridized carbons (Fsp3) is 0.158. The van der Waals surface area contributed by atoms with Crippen molar-refractivity contribution < 1.29 is 18.3 Å². The molecule has 2 heterocycles. The van der Waals surface area contributed by atoms with Gasteiger partial charge in [0.15, 0.2) is 0 Å². The number of halogens is 2. The van der Waals surface area contributed by atoms with Crippen LogP contribution in [0.25, 0.3) is 6.08 Å². The molecule has 1 aromatic carbocycles. The first-order valence-electron chi connectivity index (χ1n) is 7.97. The van der Waals surface area contributed by atoms with Crippen LogP contribution in [-0.2, 0) is 13.2 Å². The largest absolute Gasteiger partial charge is 0.486 e. The first-order valence-corrected chi connectivity index (χ1v) is 8.77. The number of carbonyl (C=O) groups is 1. The lowest BCUT2D eigenvalue weighted by atomic mass is 10.2. The fourth-order valence-electron chi connectivity index (χ4n) is 2.33. The number of aryl methyl sites for hydroxylation is 1. The first-order chi connectivity index (χ1) is 12.6. The average Bonchev–Trinajstić information content (AvgIpc) is 3.25. The molecule has 3 rings (SSSR count). The Morgan fingerprint density at radius 1 is 1.31 bits per heavy atom. The van der Waals surface area contributed by atoms with Crippen molar-refractivity contribution in [3.05, 3.63) is 76.2 Å². The van der Waals surface area contributed by atoms with Crippen molar-refractivity contribution in [2.45, 2.75) is 20.1 Å². The Balaban J connectivity index is 1.62. The quantitative estimate of drug-likeness (QED) is 0.405. The van der Waals surface area contributed by atoms with Gasteiger partial charge in [-0.1, -0.05) is 0 Å². The monoisotopic (exact) mass is 418 g/mol. The molecule has 0 radical (unpaired) electrons. The van der Waals surface area contributed by atoms with Gasteiger partial charge in [-0.2, -0.15) is 5.10 Å². The second kappa shape index (κ2) is 8.14. The van der Waals surface area contributed by atoms with Crippen LogP contribution in [0.3, 0.4) is 0 Å². The third-order valence-corrected chi connectivity index (χ3v) is 4.18. The predicted molar refractivity (Wildman–Crippen MR) is 98.4 cm³/mol. The Hall–Kier alpha value is -2.67. The SMILES string of the molecule is CCn1ncc(Br)c1C(=O)/C=C/c1ccc(COc2ccc(F)cc2)o1. The van der Waals surface area contributed by atoms with E-state index in [0.29, 0.717) is 34.0 Å². The van der Waals surface area contributed by atoms with Crippen LogP contribution in [0.15, 0.2) is 57.6 Å². The molecule has 0 aliphatic rings. The van der Waals surface area contributed by atoms with E-state index >= 15 is 0 Å². The zero-order valence-corrected chi connectivity index (χ0v) is 15.6. The van der Waals surface area contributed by atoms with Gasteiger partial charge in [-0.05, 0) is 71.4 Å². The summed E-state index contributed by atoms with van der Waals surface area (Å²) in [6.07, 6.45) is 4.64. The Labute approximate surface area is 158 Å². The summed E-state index contributed by atoms with van der Waals surface area (Å²) < 4.78 is 26.3. The van der Waals surface area contributed by atoms with Crippen LogP contribution in [0.5, 0.6) is 5.75 Å². The number of carbonyl (C=O) groups excluding carboxylic acids is 1. The molecule has 0 saturated carbocycles. The van der Waals surface area contributed by atoms with E-state index in [4.69, 9.17) is 9.15 Å². The average molecular weight is 419 g/mol. The Morgan fingerprint density at radius 3 is 2.81 bits per heavy atom. The first kappa shape index (κ1) is 18.1. The maximum absolute atomic E-state index is 12.9. The van der Waals surface area contributed by atoms with E-state index in [2.05, 4.69) is 21.0 Å². The number of nitrogens with zero attached hydrogens (tertiary/aromatic N) is 2. The van der Waals surface area contributed by atoms with Crippen LogP contribution in [0.4, 0.5) is 4.39 Å². The maximum atomic E-state index is 12.9. The number of ether oxygens (including phenoxy) is 1. The van der Waals surface area contributed by atoms with E-state index in [1.165, 1.54) is 18.2 Å². The summed E-state index contributed by atoms with van der Waals surface area (Å²) >= 11 is 3.33. The lowest BCUT2D eigenvalue weighted by Crippen LogP contribution is -2.07.